The summed E-state index contributed by atoms with van der Waals surface area (Å²) in [6, 6.07) is 5.37. The number of carbonyl (C=O) groups excluding carboxylic acids is 1. The average molecular weight is 249 g/mol. The molecule has 0 radical (unpaired) electrons. The number of pyridine rings is 1. The van der Waals surface area contributed by atoms with E-state index in [-0.39, 0.29) is 11.7 Å². The van der Waals surface area contributed by atoms with Crippen LogP contribution in [0.3, 0.4) is 0 Å². The summed E-state index contributed by atoms with van der Waals surface area (Å²) in [4.78, 5) is 23.0. The fourth-order valence-electron chi connectivity index (χ4n) is 1.72. The molecular formula is C12H15N3O3. The van der Waals surface area contributed by atoms with E-state index in [1.807, 2.05) is 6.07 Å². The largest absolute Gasteiger partial charge is 0.466 e. The van der Waals surface area contributed by atoms with Gasteiger partial charge in [-0.15, -0.1) is 5.10 Å². The highest BCUT2D eigenvalue weighted by molar-refractivity contribution is 5.69. The van der Waals surface area contributed by atoms with Crippen molar-refractivity contribution in [2.45, 2.75) is 26.3 Å². The first-order valence-corrected chi connectivity index (χ1v) is 5.92. The van der Waals surface area contributed by atoms with Crippen LogP contribution in [0, 0.1) is 0 Å². The lowest BCUT2D eigenvalue weighted by molar-refractivity contribution is -0.143. The Labute approximate surface area is 104 Å². The van der Waals surface area contributed by atoms with E-state index < -0.39 is 0 Å². The summed E-state index contributed by atoms with van der Waals surface area (Å²) < 4.78 is 7.66. The van der Waals surface area contributed by atoms with E-state index >= 15 is 0 Å². The van der Waals surface area contributed by atoms with Gasteiger partial charge < -0.3 is 4.74 Å². The quantitative estimate of drug-likeness (QED) is 0.736. The van der Waals surface area contributed by atoms with Gasteiger partial charge in [0.25, 0.3) is 0 Å². The Balaban J connectivity index is 2.02. The number of esters is 1. The normalized spacial score (nSPS) is 10.7. The number of rotatable bonds is 5. The van der Waals surface area contributed by atoms with E-state index in [1.165, 1.54) is 9.08 Å². The second kappa shape index (κ2) is 5.48. The van der Waals surface area contributed by atoms with E-state index in [9.17, 15) is 9.59 Å². The molecule has 0 amide bonds. The minimum atomic E-state index is -0.241. The molecule has 0 aliphatic heterocycles. The van der Waals surface area contributed by atoms with Crippen LogP contribution in [0.1, 0.15) is 19.8 Å². The third-order valence-electron chi connectivity index (χ3n) is 2.54. The van der Waals surface area contributed by atoms with E-state index in [1.54, 1.807) is 25.3 Å². The van der Waals surface area contributed by atoms with Gasteiger partial charge in [-0.3, -0.25) is 9.20 Å². The number of hydrogen-bond donors (Lipinski definition) is 0. The fraction of sp³-hybridized carbons (Fsp3) is 0.417. The molecule has 96 valence electrons. The van der Waals surface area contributed by atoms with Crippen LogP contribution in [0.5, 0.6) is 0 Å². The molecule has 2 heterocycles. The maximum atomic E-state index is 11.9. The van der Waals surface area contributed by atoms with Crippen molar-refractivity contribution in [3.8, 4) is 0 Å². The van der Waals surface area contributed by atoms with Crippen molar-refractivity contribution < 1.29 is 9.53 Å². The molecule has 18 heavy (non-hydrogen) atoms. The van der Waals surface area contributed by atoms with Crippen molar-refractivity contribution in [3.05, 3.63) is 34.9 Å². The van der Waals surface area contributed by atoms with Crippen LogP contribution < -0.4 is 5.69 Å². The molecule has 2 aromatic heterocycles. The van der Waals surface area contributed by atoms with Gasteiger partial charge in [0.05, 0.1) is 6.61 Å². The molecule has 6 nitrogen and oxygen atoms in total. The second-order valence-corrected chi connectivity index (χ2v) is 3.84. The number of carbonyl (C=O) groups is 1. The third-order valence-corrected chi connectivity index (χ3v) is 2.54. The highest BCUT2D eigenvalue weighted by atomic mass is 16.5. The Morgan fingerprint density at radius 3 is 3.00 bits per heavy atom. The Morgan fingerprint density at radius 1 is 1.44 bits per heavy atom. The summed E-state index contributed by atoms with van der Waals surface area (Å²) in [7, 11) is 0. The first kappa shape index (κ1) is 12.3. The molecule has 0 spiro atoms. The van der Waals surface area contributed by atoms with Crippen molar-refractivity contribution in [1.82, 2.24) is 14.2 Å². The Bertz CT molecular complexity index is 600. The molecule has 2 rings (SSSR count). The molecule has 0 fully saturated rings. The van der Waals surface area contributed by atoms with Gasteiger partial charge in [-0.1, -0.05) is 6.07 Å². The minimum Gasteiger partial charge on any atom is -0.466 e. The predicted octanol–water partition coefficient (Wildman–Crippen LogP) is 0.839. The molecule has 0 aliphatic carbocycles. The highest BCUT2D eigenvalue weighted by Gasteiger charge is 2.07. The SMILES string of the molecule is CCOC(=O)CCCn1nc2ccccn2c1=O. The molecule has 0 bridgehead atoms. The lowest BCUT2D eigenvalue weighted by Gasteiger charge is -2.00. The number of fused-ring (bicyclic) bond motifs is 1. The van der Waals surface area contributed by atoms with Crippen LogP contribution in [0.15, 0.2) is 29.2 Å². The van der Waals surface area contributed by atoms with Crippen LogP contribution in [-0.4, -0.2) is 26.8 Å². The zero-order valence-electron chi connectivity index (χ0n) is 10.2. The molecule has 0 saturated heterocycles. The van der Waals surface area contributed by atoms with Gasteiger partial charge in [-0.2, -0.15) is 0 Å². The zero-order chi connectivity index (χ0) is 13.0. The fourth-order valence-corrected chi connectivity index (χ4v) is 1.72. The highest BCUT2D eigenvalue weighted by Crippen LogP contribution is 1.98. The van der Waals surface area contributed by atoms with Crippen molar-refractivity contribution >= 4 is 11.6 Å². The summed E-state index contributed by atoms with van der Waals surface area (Å²) in [6.45, 7) is 2.57. The van der Waals surface area contributed by atoms with Crippen molar-refractivity contribution in [2.75, 3.05) is 6.61 Å². The number of nitrogens with zero attached hydrogens (tertiary/aromatic N) is 3. The molecular weight excluding hydrogens is 234 g/mol. The van der Waals surface area contributed by atoms with Gasteiger partial charge in [-0.05, 0) is 25.5 Å². The van der Waals surface area contributed by atoms with Gasteiger partial charge in [0, 0.05) is 19.2 Å². The van der Waals surface area contributed by atoms with E-state index in [2.05, 4.69) is 5.10 Å². The van der Waals surface area contributed by atoms with Gasteiger partial charge in [0.2, 0.25) is 0 Å². The smallest absolute Gasteiger partial charge is 0.350 e. The van der Waals surface area contributed by atoms with E-state index in [0.29, 0.717) is 31.6 Å². The van der Waals surface area contributed by atoms with Crippen LogP contribution in [-0.2, 0) is 16.1 Å². The minimum absolute atomic E-state index is 0.186. The standard InChI is InChI=1S/C12H15N3O3/c1-2-18-11(16)7-5-9-15-12(17)14-8-4-3-6-10(14)13-15/h3-4,6,8H,2,5,7,9H2,1H3. The Morgan fingerprint density at radius 2 is 2.28 bits per heavy atom. The monoisotopic (exact) mass is 249 g/mol. The van der Waals surface area contributed by atoms with Crippen LogP contribution >= 0.6 is 0 Å². The van der Waals surface area contributed by atoms with Gasteiger partial charge in [0.1, 0.15) is 0 Å². The lowest BCUT2D eigenvalue weighted by atomic mass is 10.3. The van der Waals surface area contributed by atoms with Crippen molar-refractivity contribution in [2.24, 2.45) is 0 Å². The topological polar surface area (TPSA) is 65.6 Å². The maximum absolute atomic E-state index is 11.9. The summed E-state index contributed by atoms with van der Waals surface area (Å²) in [5.41, 5.74) is 0.424. The van der Waals surface area contributed by atoms with Crippen LogP contribution in [0.4, 0.5) is 0 Å². The first-order valence-electron chi connectivity index (χ1n) is 5.92. The summed E-state index contributed by atoms with van der Waals surface area (Å²) >= 11 is 0. The van der Waals surface area contributed by atoms with Crippen LogP contribution in [0.2, 0.25) is 0 Å². The summed E-state index contributed by atoms with van der Waals surface area (Å²) in [6.07, 6.45) is 2.52. The molecule has 0 aliphatic rings. The summed E-state index contributed by atoms with van der Waals surface area (Å²) in [5.74, 6) is -0.241. The predicted molar refractivity (Wildman–Crippen MR) is 65.3 cm³/mol. The molecule has 0 aromatic carbocycles. The molecule has 0 saturated carbocycles. The molecule has 0 unspecified atom stereocenters. The lowest BCUT2D eigenvalue weighted by Crippen LogP contribution is -2.21. The zero-order valence-corrected chi connectivity index (χ0v) is 10.2. The molecule has 0 N–H and O–H groups in total. The maximum Gasteiger partial charge on any atom is 0.350 e. The average Bonchev–Trinajstić information content (AvgIpc) is 2.68. The summed E-state index contributed by atoms with van der Waals surface area (Å²) in [5, 5.41) is 4.17. The Hall–Kier alpha value is -2.11. The molecule has 6 heteroatoms. The van der Waals surface area contributed by atoms with Crippen molar-refractivity contribution in [3.63, 3.8) is 0 Å². The number of ether oxygens (including phenoxy) is 1. The third kappa shape index (κ3) is 2.58. The van der Waals surface area contributed by atoms with Gasteiger partial charge in [0.15, 0.2) is 5.65 Å². The number of aromatic nitrogens is 3. The molecule has 0 atom stereocenters. The molecule has 2 aromatic rings. The second-order valence-electron chi connectivity index (χ2n) is 3.84. The van der Waals surface area contributed by atoms with E-state index in [4.69, 9.17) is 4.74 Å². The first-order chi connectivity index (χ1) is 8.72. The Kier molecular flexibility index (Phi) is 3.76. The van der Waals surface area contributed by atoms with E-state index in [0.717, 1.165) is 0 Å². The number of aryl methyl sites for hydroxylation is 1. The van der Waals surface area contributed by atoms with Crippen LogP contribution in [0.25, 0.3) is 5.65 Å². The van der Waals surface area contributed by atoms with Gasteiger partial charge >= 0.3 is 11.7 Å². The number of hydrogen-bond acceptors (Lipinski definition) is 4. The van der Waals surface area contributed by atoms with Gasteiger partial charge in [-0.25, -0.2) is 9.48 Å². The van der Waals surface area contributed by atoms with Crippen molar-refractivity contribution in [1.29, 1.82) is 0 Å².